The van der Waals surface area contributed by atoms with Crippen LogP contribution in [0.5, 0.6) is 0 Å². The lowest BCUT2D eigenvalue weighted by atomic mass is 10.0. The summed E-state index contributed by atoms with van der Waals surface area (Å²) >= 11 is 0. The van der Waals surface area contributed by atoms with Gasteiger partial charge in [-0.25, -0.2) is 4.98 Å². The Hall–Kier alpha value is -4.26. The number of nitrogens with zero attached hydrogens (tertiary/aromatic N) is 2. The molecule has 1 saturated heterocycles. The highest BCUT2D eigenvalue weighted by atomic mass is 19.4. The Bertz CT molecular complexity index is 1360. The second-order valence-corrected chi connectivity index (χ2v) is 9.69. The summed E-state index contributed by atoms with van der Waals surface area (Å²) in [5, 5.41) is 8.65. The average Bonchev–Trinajstić information content (AvgIpc) is 2.98. The van der Waals surface area contributed by atoms with Gasteiger partial charge in [0.05, 0.1) is 36.5 Å². The number of aromatic nitrogens is 1. The smallest absolute Gasteiger partial charge is 0.397 e. The molecule has 2 heterocycles. The summed E-state index contributed by atoms with van der Waals surface area (Å²) in [5.74, 6) is -0.785. The summed E-state index contributed by atoms with van der Waals surface area (Å²) in [4.78, 5) is 31.3. The third-order valence-corrected chi connectivity index (χ3v) is 6.60. The summed E-state index contributed by atoms with van der Waals surface area (Å²) in [7, 11) is 0. The Balaban J connectivity index is 1.41. The number of anilines is 3. The number of alkyl halides is 3. The predicted molar refractivity (Wildman–Crippen MR) is 155 cm³/mol. The first-order chi connectivity index (χ1) is 20.2. The molecular formula is C30H33F3N6O3. The number of hydrogen-bond donors (Lipinski definition) is 4. The van der Waals surface area contributed by atoms with E-state index >= 15 is 0 Å². The molecule has 0 aliphatic carbocycles. The third-order valence-electron chi connectivity index (χ3n) is 6.60. The number of nitrogen functional groups attached to an aromatic ring is 1. The zero-order valence-corrected chi connectivity index (χ0v) is 22.9. The minimum atomic E-state index is -4.57. The maximum absolute atomic E-state index is 13.3. The molecule has 0 radical (unpaired) electrons. The van der Waals surface area contributed by atoms with E-state index in [-0.39, 0.29) is 11.6 Å². The molecule has 0 saturated carbocycles. The normalized spacial score (nSPS) is 14.9. The maximum Gasteiger partial charge on any atom is 0.433 e. The van der Waals surface area contributed by atoms with Crippen molar-refractivity contribution in [3.05, 3.63) is 89.8 Å². The number of carbonyl (C=O) groups is 2. The Morgan fingerprint density at radius 3 is 2.43 bits per heavy atom. The summed E-state index contributed by atoms with van der Waals surface area (Å²) < 4.78 is 44.0. The highest BCUT2D eigenvalue weighted by Gasteiger charge is 2.32. The van der Waals surface area contributed by atoms with Gasteiger partial charge in [-0.05, 0) is 61.0 Å². The molecule has 0 spiro atoms. The molecule has 3 aromatic rings. The number of carbonyl (C=O) groups excluding carboxylic acids is 2. The monoisotopic (exact) mass is 582 g/mol. The quantitative estimate of drug-likeness (QED) is 0.151. The summed E-state index contributed by atoms with van der Waals surface area (Å²) in [6.07, 6.45) is 0.217. The SMILES string of the molecule is Nc1ccccc1NC(=O)/C=C/c1ccc(C(NCCCN2CCOCC2)C(=O)Nc2ccc(C(F)(F)F)nc2)cc1. The minimum Gasteiger partial charge on any atom is -0.397 e. The van der Waals surface area contributed by atoms with Gasteiger partial charge in [0.1, 0.15) is 11.7 Å². The lowest BCUT2D eigenvalue weighted by molar-refractivity contribution is -0.141. The van der Waals surface area contributed by atoms with Crippen molar-refractivity contribution in [1.29, 1.82) is 0 Å². The van der Waals surface area contributed by atoms with E-state index in [0.717, 1.165) is 43.9 Å². The van der Waals surface area contributed by atoms with E-state index < -0.39 is 23.8 Å². The van der Waals surface area contributed by atoms with Crippen molar-refractivity contribution >= 4 is 35.0 Å². The van der Waals surface area contributed by atoms with E-state index in [9.17, 15) is 22.8 Å². The largest absolute Gasteiger partial charge is 0.433 e. The number of benzene rings is 2. The average molecular weight is 583 g/mol. The van der Waals surface area contributed by atoms with Gasteiger partial charge in [0.25, 0.3) is 0 Å². The number of morpholine rings is 1. The van der Waals surface area contributed by atoms with Crippen LogP contribution in [-0.4, -0.2) is 61.1 Å². The molecule has 9 nitrogen and oxygen atoms in total. The predicted octanol–water partition coefficient (Wildman–Crippen LogP) is 4.33. The number of nitrogens with two attached hydrogens (primary N) is 1. The zero-order valence-electron chi connectivity index (χ0n) is 22.9. The van der Waals surface area contributed by atoms with E-state index in [0.29, 0.717) is 36.7 Å². The van der Waals surface area contributed by atoms with Gasteiger partial charge in [-0.15, -0.1) is 0 Å². The number of halogens is 3. The molecular weight excluding hydrogens is 549 g/mol. The van der Waals surface area contributed by atoms with Crippen molar-refractivity contribution in [3.63, 3.8) is 0 Å². The number of para-hydroxylation sites is 2. The number of rotatable bonds is 11. The van der Waals surface area contributed by atoms with Crippen molar-refractivity contribution in [1.82, 2.24) is 15.2 Å². The summed E-state index contributed by atoms with van der Waals surface area (Å²) in [6.45, 7) is 4.48. The number of amides is 2. The highest BCUT2D eigenvalue weighted by Crippen LogP contribution is 2.28. The van der Waals surface area contributed by atoms with Crippen LogP contribution in [0.2, 0.25) is 0 Å². The summed E-state index contributed by atoms with van der Waals surface area (Å²) in [5.41, 5.74) is 7.33. The van der Waals surface area contributed by atoms with Gasteiger partial charge in [0, 0.05) is 19.2 Å². The van der Waals surface area contributed by atoms with Crippen LogP contribution < -0.4 is 21.7 Å². The van der Waals surface area contributed by atoms with Crippen LogP contribution in [0.25, 0.3) is 6.08 Å². The van der Waals surface area contributed by atoms with Gasteiger partial charge >= 0.3 is 6.18 Å². The number of hydrogen-bond acceptors (Lipinski definition) is 7. The molecule has 2 aromatic carbocycles. The molecule has 0 bridgehead atoms. The van der Waals surface area contributed by atoms with E-state index in [1.807, 2.05) is 0 Å². The molecule has 1 aliphatic heterocycles. The fourth-order valence-electron chi connectivity index (χ4n) is 4.34. The van der Waals surface area contributed by atoms with Crippen LogP contribution in [0.1, 0.15) is 29.3 Å². The van der Waals surface area contributed by atoms with Gasteiger partial charge < -0.3 is 26.4 Å². The van der Waals surface area contributed by atoms with Gasteiger partial charge in [-0.2, -0.15) is 13.2 Å². The van der Waals surface area contributed by atoms with Crippen molar-refractivity contribution in [3.8, 4) is 0 Å². The van der Waals surface area contributed by atoms with Crippen molar-refractivity contribution < 1.29 is 27.5 Å². The Labute approximate surface area is 241 Å². The van der Waals surface area contributed by atoms with Crippen LogP contribution in [0.15, 0.2) is 72.9 Å². The van der Waals surface area contributed by atoms with E-state index in [4.69, 9.17) is 10.5 Å². The lowest BCUT2D eigenvalue weighted by Gasteiger charge is -2.27. The second kappa shape index (κ2) is 14.6. The lowest BCUT2D eigenvalue weighted by Crippen LogP contribution is -2.39. The van der Waals surface area contributed by atoms with Gasteiger partial charge in [-0.3, -0.25) is 14.5 Å². The van der Waals surface area contributed by atoms with E-state index in [2.05, 4.69) is 25.8 Å². The molecule has 12 heteroatoms. The topological polar surface area (TPSA) is 122 Å². The highest BCUT2D eigenvalue weighted by molar-refractivity contribution is 6.03. The number of ether oxygens (including phenoxy) is 1. The zero-order chi connectivity index (χ0) is 30.0. The minimum absolute atomic E-state index is 0.151. The van der Waals surface area contributed by atoms with Gasteiger partial charge in [0.15, 0.2) is 0 Å². The first-order valence-electron chi connectivity index (χ1n) is 13.5. The van der Waals surface area contributed by atoms with Crippen LogP contribution in [0.3, 0.4) is 0 Å². The Morgan fingerprint density at radius 2 is 1.76 bits per heavy atom. The first kappa shape index (κ1) is 30.7. The third kappa shape index (κ3) is 9.13. The molecule has 5 N–H and O–H groups in total. The molecule has 1 fully saturated rings. The molecule has 1 aliphatic rings. The summed E-state index contributed by atoms with van der Waals surface area (Å²) in [6, 6.07) is 15.2. The molecule has 222 valence electrons. The standard InChI is InChI=1S/C30H33F3N6O3/c31-30(32,33)26-12-11-23(20-36-26)37-29(41)28(35-14-3-15-39-16-18-42-19-17-39)22-9-6-21(7-10-22)8-13-27(40)38-25-5-2-1-4-24(25)34/h1-2,4-13,20,28,35H,3,14-19,34H2,(H,37,41)(H,38,40)/b13-8+. The Kier molecular flexibility index (Phi) is 10.7. The van der Waals surface area contributed by atoms with E-state index in [1.165, 1.54) is 12.1 Å². The van der Waals surface area contributed by atoms with Crippen LogP contribution in [0.4, 0.5) is 30.2 Å². The Morgan fingerprint density at radius 1 is 1.02 bits per heavy atom. The molecule has 4 rings (SSSR count). The fourth-order valence-corrected chi connectivity index (χ4v) is 4.34. The molecule has 2 amide bonds. The van der Waals surface area contributed by atoms with Crippen molar-refractivity contribution in [2.24, 2.45) is 0 Å². The van der Waals surface area contributed by atoms with Crippen LogP contribution in [0, 0.1) is 0 Å². The number of nitrogens with one attached hydrogen (secondary N) is 3. The molecule has 42 heavy (non-hydrogen) atoms. The fraction of sp³-hybridized carbons (Fsp3) is 0.300. The van der Waals surface area contributed by atoms with Crippen molar-refractivity contribution in [2.45, 2.75) is 18.6 Å². The second-order valence-electron chi connectivity index (χ2n) is 9.69. The molecule has 1 atom stereocenters. The van der Waals surface area contributed by atoms with Gasteiger partial charge in [0.2, 0.25) is 11.8 Å². The molecule has 1 aromatic heterocycles. The number of pyridine rings is 1. The van der Waals surface area contributed by atoms with Crippen molar-refractivity contribution in [2.75, 3.05) is 55.8 Å². The van der Waals surface area contributed by atoms with Gasteiger partial charge in [-0.1, -0.05) is 36.4 Å². The van der Waals surface area contributed by atoms with E-state index in [1.54, 1.807) is 54.6 Å². The first-order valence-corrected chi connectivity index (χ1v) is 13.5. The van der Waals surface area contributed by atoms with Crippen LogP contribution >= 0.6 is 0 Å². The molecule has 1 unspecified atom stereocenters. The van der Waals surface area contributed by atoms with Crippen LogP contribution in [-0.2, 0) is 20.5 Å². The maximum atomic E-state index is 13.3.